The van der Waals surface area contributed by atoms with Gasteiger partial charge >= 0.3 is 0 Å². The number of carbonyl (C=O) groups is 1. The maximum absolute atomic E-state index is 8.36. The van der Waals surface area contributed by atoms with Gasteiger partial charge in [0, 0.05) is 35.4 Å². The molecule has 1 aliphatic heterocycles. The quantitative estimate of drug-likeness (QED) is 0.159. The van der Waals surface area contributed by atoms with Crippen molar-refractivity contribution in [3.8, 4) is 22.4 Å². The van der Waals surface area contributed by atoms with Crippen molar-refractivity contribution in [1.29, 1.82) is 0 Å². The zero-order valence-corrected chi connectivity index (χ0v) is 29.3. The van der Waals surface area contributed by atoms with Crippen molar-refractivity contribution in [2.24, 2.45) is 0 Å². The number of rotatable bonds is 7. The molecule has 0 saturated heterocycles. The molecular formula is C40H51N3O3. The molecule has 2 atom stereocenters. The first-order valence-corrected chi connectivity index (χ1v) is 16.0. The second kappa shape index (κ2) is 15.2. The number of allylic oxidation sites excluding steroid dienone is 4. The van der Waals surface area contributed by atoms with Crippen LogP contribution in [0.4, 0.5) is 5.69 Å². The van der Waals surface area contributed by atoms with Crippen LogP contribution < -0.4 is 5.32 Å². The van der Waals surface area contributed by atoms with Crippen LogP contribution in [0.2, 0.25) is 0 Å². The molecular weight excluding hydrogens is 570 g/mol. The van der Waals surface area contributed by atoms with E-state index in [0.717, 1.165) is 28.9 Å². The first kappa shape index (κ1) is 36.1. The normalized spacial score (nSPS) is 14.7. The van der Waals surface area contributed by atoms with Gasteiger partial charge in [0.1, 0.15) is 0 Å². The van der Waals surface area contributed by atoms with Gasteiger partial charge < -0.3 is 19.7 Å². The Morgan fingerprint density at radius 2 is 1.76 bits per heavy atom. The number of benzene rings is 2. The maximum Gasteiger partial charge on any atom is 0.290 e. The lowest BCUT2D eigenvalue weighted by Crippen LogP contribution is -2.28. The fourth-order valence-corrected chi connectivity index (χ4v) is 6.17. The van der Waals surface area contributed by atoms with Crippen LogP contribution in [0.25, 0.3) is 38.9 Å². The van der Waals surface area contributed by atoms with Gasteiger partial charge in [-0.3, -0.25) is 9.78 Å². The summed E-state index contributed by atoms with van der Waals surface area (Å²) < 4.78 is 9.12. The van der Waals surface area contributed by atoms with Gasteiger partial charge in [-0.1, -0.05) is 69.0 Å². The highest BCUT2D eigenvalue weighted by atomic mass is 16.5. The molecule has 2 aromatic heterocycles. The number of nitrogens with zero attached hydrogens (tertiary/aromatic N) is 2. The van der Waals surface area contributed by atoms with Crippen molar-refractivity contribution < 1.29 is 14.6 Å². The van der Waals surface area contributed by atoms with Crippen molar-refractivity contribution >= 4 is 28.6 Å². The number of hydrogen-bond donors (Lipinski definition) is 2. The minimum absolute atomic E-state index is 0.0870. The lowest BCUT2D eigenvalue weighted by molar-refractivity contribution is -0.122. The predicted octanol–water partition coefficient (Wildman–Crippen LogP) is 10.5. The lowest BCUT2D eigenvalue weighted by atomic mass is 9.87. The Bertz CT molecular complexity index is 1740. The standard InChI is InChI=1S/C37H43N3O.C2H6.CH2O2/c1-11-22(2)18-24(4)31-19-29(16-17-38-31)32-20-30-34(28-14-12-23(3)13-15-28)33(27(7)41-37(8,9)10)26(6)35-36(30)40(32)21-25(5)39-35;1-2;2-1-3/h11-20,25,27,39H,1-2,21H2,3-10H3;1-2H3;1H,(H,2,3)/b24-18+;;/t25-,27?;;/m0../s1. The van der Waals surface area contributed by atoms with E-state index in [-0.39, 0.29) is 24.2 Å². The topological polar surface area (TPSA) is 76.4 Å². The molecule has 4 aromatic rings. The predicted molar refractivity (Wildman–Crippen MR) is 195 cm³/mol. The van der Waals surface area contributed by atoms with Gasteiger partial charge in [-0.25, -0.2) is 0 Å². The van der Waals surface area contributed by atoms with Crippen LogP contribution in [0.5, 0.6) is 0 Å². The third kappa shape index (κ3) is 7.86. The first-order valence-electron chi connectivity index (χ1n) is 16.0. The summed E-state index contributed by atoms with van der Waals surface area (Å²) in [6, 6.07) is 15.9. The molecule has 6 nitrogen and oxygen atoms in total. The third-order valence-corrected chi connectivity index (χ3v) is 7.90. The lowest BCUT2D eigenvalue weighted by Gasteiger charge is -2.32. The highest BCUT2D eigenvalue weighted by Crippen LogP contribution is 2.48. The molecule has 1 unspecified atom stereocenters. The zero-order valence-electron chi connectivity index (χ0n) is 29.3. The maximum atomic E-state index is 8.36. The minimum atomic E-state index is -0.268. The first-order chi connectivity index (χ1) is 21.8. The molecule has 0 spiro atoms. The van der Waals surface area contributed by atoms with Crippen molar-refractivity contribution in [2.75, 3.05) is 5.32 Å². The van der Waals surface area contributed by atoms with E-state index in [1.54, 1.807) is 6.08 Å². The number of carboxylic acid groups (broad SMARTS) is 1. The summed E-state index contributed by atoms with van der Waals surface area (Å²) in [7, 11) is 0. The Morgan fingerprint density at radius 1 is 1.13 bits per heavy atom. The van der Waals surface area contributed by atoms with Crippen LogP contribution in [0.15, 0.2) is 79.5 Å². The van der Waals surface area contributed by atoms with E-state index >= 15 is 0 Å². The zero-order chi connectivity index (χ0) is 34.3. The fraction of sp³-hybridized carbons (Fsp3) is 0.350. The van der Waals surface area contributed by atoms with Crippen LogP contribution in [-0.2, 0) is 16.1 Å². The minimum Gasteiger partial charge on any atom is -0.483 e. The molecule has 0 bridgehead atoms. The highest BCUT2D eigenvalue weighted by molar-refractivity contribution is 6.08. The summed E-state index contributed by atoms with van der Waals surface area (Å²) in [6.45, 7) is 29.8. The number of anilines is 1. The molecule has 0 amide bonds. The van der Waals surface area contributed by atoms with E-state index in [9.17, 15) is 0 Å². The molecule has 2 N–H and O–H groups in total. The molecule has 46 heavy (non-hydrogen) atoms. The number of pyridine rings is 1. The van der Waals surface area contributed by atoms with Crippen molar-refractivity contribution in [2.45, 2.75) is 93.5 Å². The summed E-state index contributed by atoms with van der Waals surface area (Å²) in [5, 5.41) is 12.0. The van der Waals surface area contributed by atoms with Crippen LogP contribution in [0.1, 0.15) is 83.9 Å². The average Bonchev–Trinajstić information content (AvgIpc) is 3.39. The Balaban J connectivity index is 0.00000109. The monoisotopic (exact) mass is 621 g/mol. The van der Waals surface area contributed by atoms with Gasteiger partial charge in [-0.2, -0.15) is 0 Å². The van der Waals surface area contributed by atoms with Gasteiger partial charge in [0.25, 0.3) is 6.47 Å². The molecule has 0 saturated carbocycles. The number of aryl methyl sites for hydroxylation is 1. The number of ether oxygens (including phenoxy) is 1. The summed E-state index contributed by atoms with van der Waals surface area (Å²) in [6.07, 6.45) is 5.62. The molecule has 0 aliphatic carbocycles. The molecule has 6 heteroatoms. The Hall–Kier alpha value is -4.42. The largest absolute Gasteiger partial charge is 0.483 e. The Morgan fingerprint density at radius 3 is 2.35 bits per heavy atom. The van der Waals surface area contributed by atoms with Gasteiger partial charge in [-0.05, 0) is 107 Å². The summed E-state index contributed by atoms with van der Waals surface area (Å²) in [5.74, 6) is 0. The molecule has 1 aliphatic rings. The smallest absolute Gasteiger partial charge is 0.290 e. The molecule has 0 radical (unpaired) electrons. The van der Waals surface area contributed by atoms with E-state index in [4.69, 9.17) is 14.6 Å². The van der Waals surface area contributed by atoms with Crippen molar-refractivity contribution in [3.05, 3.63) is 102 Å². The van der Waals surface area contributed by atoms with Crippen LogP contribution in [0, 0.1) is 13.8 Å². The second-order valence-electron chi connectivity index (χ2n) is 12.6. The molecule has 0 fully saturated rings. The van der Waals surface area contributed by atoms with Crippen molar-refractivity contribution in [3.63, 3.8) is 0 Å². The van der Waals surface area contributed by atoms with Crippen LogP contribution in [0.3, 0.4) is 0 Å². The molecule has 244 valence electrons. The summed E-state index contributed by atoms with van der Waals surface area (Å²) in [5.41, 5.74) is 13.6. The third-order valence-electron chi connectivity index (χ3n) is 7.90. The number of hydrogen-bond acceptors (Lipinski definition) is 4. The summed E-state index contributed by atoms with van der Waals surface area (Å²) >= 11 is 0. The molecule has 3 heterocycles. The SMILES string of the molecule is C=CC(=C)/C=C(\C)c1cc(-c2cc3c(-c4ccc(C)cc4)c(C(C)OC(C)(C)C)c(C)c4c3n2C[C@H](C)N4)ccn1.CC.O=CO. The van der Waals surface area contributed by atoms with E-state index < -0.39 is 0 Å². The van der Waals surface area contributed by atoms with Crippen LogP contribution >= 0.6 is 0 Å². The molecule has 2 aromatic carbocycles. The van der Waals surface area contributed by atoms with Crippen LogP contribution in [-0.4, -0.2) is 32.8 Å². The van der Waals surface area contributed by atoms with Gasteiger partial charge in [-0.15, -0.1) is 0 Å². The van der Waals surface area contributed by atoms with E-state index in [0.29, 0.717) is 0 Å². The Kier molecular flexibility index (Phi) is 11.9. The van der Waals surface area contributed by atoms with Gasteiger partial charge in [0.15, 0.2) is 0 Å². The second-order valence-corrected chi connectivity index (χ2v) is 12.6. The van der Waals surface area contributed by atoms with Gasteiger partial charge in [0.05, 0.1) is 28.6 Å². The average molecular weight is 622 g/mol. The Labute approximate surface area is 275 Å². The molecule has 5 rings (SSSR count). The van der Waals surface area contributed by atoms with E-state index in [1.165, 1.54) is 50.1 Å². The van der Waals surface area contributed by atoms with Gasteiger partial charge in [0.2, 0.25) is 0 Å². The van der Waals surface area contributed by atoms with E-state index in [2.05, 4.69) is 126 Å². The van der Waals surface area contributed by atoms with Crippen molar-refractivity contribution in [1.82, 2.24) is 9.55 Å². The van der Waals surface area contributed by atoms with E-state index in [1.807, 2.05) is 26.1 Å². The number of nitrogens with one attached hydrogen (secondary N) is 1. The fourth-order valence-electron chi connectivity index (χ4n) is 6.17. The summed E-state index contributed by atoms with van der Waals surface area (Å²) in [4.78, 5) is 13.0. The number of aromatic nitrogens is 2. The highest BCUT2D eigenvalue weighted by Gasteiger charge is 2.31.